The number of hydrogen-bond donors (Lipinski definition) is 0. The number of aryl methyl sites for hydroxylation is 1. The van der Waals surface area contributed by atoms with Crippen LogP contribution in [0.25, 0.3) is 0 Å². The summed E-state index contributed by atoms with van der Waals surface area (Å²) in [6.45, 7) is 10.3. The number of carbonyl (C=O) groups is 1. The summed E-state index contributed by atoms with van der Waals surface area (Å²) in [4.78, 5) is 17.2. The first kappa shape index (κ1) is 27.9. The standard InChI is InChI=1S/C33H43BrN2O4/c1-32(2,3)40-31(37)36-21-33(22-36)15-17-35(18-16-33)25-10-7-23(8-11-25)30-27-13-12-26(20-24(27)9-14-28(30)34)39-29-6-4-5-19-38-29/h7-8,10-13,20,28-30H,4-6,9,14-19,21-22H2,1-3H3. The van der Waals surface area contributed by atoms with Gasteiger partial charge in [-0.1, -0.05) is 34.1 Å². The number of carbonyl (C=O) groups excluding carboxylic acids is 1. The number of ether oxygens (including phenoxy) is 3. The normalized spacial score (nSPS) is 26.1. The number of piperidine rings is 1. The van der Waals surface area contributed by atoms with Gasteiger partial charge in [-0.15, -0.1) is 0 Å². The van der Waals surface area contributed by atoms with Crippen molar-refractivity contribution in [3.63, 3.8) is 0 Å². The summed E-state index contributed by atoms with van der Waals surface area (Å²) in [6.07, 6.45) is 7.38. The first-order valence-corrected chi connectivity index (χ1v) is 16.0. The van der Waals surface area contributed by atoms with Crippen molar-refractivity contribution in [1.82, 2.24) is 4.90 Å². The van der Waals surface area contributed by atoms with Gasteiger partial charge in [-0.3, -0.25) is 0 Å². The van der Waals surface area contributed by atoms with E-state index in [9.17, 15) is 4.79 Å². The highest BCUT2D eigenvalue weighted by Gasteiger charge is 2.47. The molecular weight excluding hydrogens is 568 g/mol. The summed E-state index contributed by atoms with van der Waals surface area (Å²) in [6, 6.07) is 15.9. The number of halogens is 1. The topological polar surface area (TPSA) is 51.2 Å². The van der Waals surface area contributed by atoms with Crippen LogP contribution >= 0.6 is 15.9 Å². The van der Waals surface area contributed by atoms with E-state index in [2.05, 4.69) is 63.3 Å². The van der Waals surface area contributed by atoms with Crippen molar-refractivity contribution in [3.05, 3.63) is 59.2 Å². The van der Waals surface area contributed by atoms with E-state index >= 15 is 0 Å². The Morgan fingerprint density at radius 3 is 2.45 bits per heavy atom. The van der Waals surface area contributed by atoms with Crippen LogP contribution in [-0.4, -0.2) is 60.5 Å². The maximum absolute atomic E-state index is 12.4. The molecule has 1 amide bonds. The summed E-state index contributed by atoms with van der Waals surface area (Å²) in [7, 11) is 0. The second kappa shape index (κ2) is 11.2. The van der Waals surface area contributed by atoms with Crippen molar-refractivity contribution < 1.29 is 19.0 Å². The number of alkyl halides is 1. The van der Waals surface area contributed by atoms with Crippen LogP contribution in [0.5, 0.6) is 5.75 Å². The van der Waals surface area contributed by atoms with Crippen molar-refractivity contribution in [2.45, 2.75) is 88.4 Å². The molecule has 3 unspecified atom stereocenters. The van der Waals surface area contributed by atoms with E-state index in [0.29, 0.717) is 10.7 Å². The molecule has 6 rings (SSSR count). The van der Waals surface area contributed by atoms with Crippen LogP contribution in [0.15, 0.2) is 42.5 Å². The van der Waals surface area contributed by atoms with Gasteiger partial charge in [0.15, 0.2) is 6.29 Å². The molecule has 1 aliphatic carbocycles. The van der Waals surface area contributed by atoms with Crippen molar-refractivity contribution in [2.75, 3.05) is 37.7 Å². The van der Waals surface area contributed by atoms with Crippen LogP contribution in [0.4, 0.5) is 10.5 Å². The third-order valence-corrected chi connectivity index (χ3v) is 10.0. The lowest BCUT2D eigenvalue weighted by molar-refractivity contribution is -0.105. The van der Waals surface area contributed by atoms with Gasteiger partial charge in [-0.25, -0.2) is 4.79 Å². The largest absolute Gasteiger partial charge is 0.465 e. The van der Waals surface area contributed by atoms with Gasteiger partial charge in [0.2, 0.25) is 0 Å². The molecule has 216 valence electrons. The third-order valence-electron chi connectivity index (χ3n) is 9.05. The molecule has 40 heavy (non-hydrogen) atoms. The maximum Gasteiger partial charge on any atom is 0.410 e. The highest BCUT2D eigenvalue weighted by Crippen LogP contribution is 2.44. The van der Waals surface area contributed by atoms with Crippen LogP contribution < -0.4 is 9.64 Å². The quantitative estimate of drug-likeness (QED) is 0.341. The number of amides is 1. The van der Waals surface area contributed by atoms with Crippen LogP contribution in [0.2, 0.25) is 0 Å². The van der Waals surface area contributed by atoms with Gasteiger partial charge in [0.05, 0.1) is 6.61 Å². The van der Waals surface area contributed by atoms with Crippen molar-refractivity contribution in [2.24, 2.45) is 5.41 Å². The van der Waals surface area contributed by atoms with E-state index < -0.39 is 5.60 Å². The Kier molecular flexibility index (Phi) is 7.81. The van der Waals surface area contributed by atoms with Gasteiger partial charge in [0, 0.05) is 54.4 Å². The second-order valence-electron chi connectivity index (χ2n) is 13.2. The molecule has 3 heterocycles. The molecule has 0 bridgehead atoms. The molecule has 0 saturated carbocycles. The van der Waals surface area contributed by atoms with Gasteiger partial charge in [-0.05, 0) is 100 Å². The first-order valence-electron chi connectivity index (χ1n) is 15.1. The molecule has 4 aliphatic rings. The first-order chi connectivity index (χ1) is 19.2. The highest BCUT2D eigenvalue weighted by molar-refractivity contribution is 9.09. The fourth-order valence-corrected chi connectivity index (χ4v) is 7.66. The number of rotatable bonds is 4. The van der Waals surface area contributed by atoms with Crippen LogP contribution in [0.1, 0.15) is 81.9 Å². The Morgan fingerprint density at radius 1 is 1.02 bits per heavy atom. The lowest BCUT2D eigenvalue weighted by atomic mass is 9.72. The lowest BCUT2D eigenvalue weighted by Crippen LogP contribution is -2.62. The van der Waals surface area contributed by atoms with Gasteiger partial charge >= 0.3 is 6.09 Å². The third kappa shape index (κ3) is 6.01. The Bertz CT molecular complexity index is 1190. The predicted octanol–water partition coefficient (Wildman–Crippen LogP) is 7.27. The lowest BCUT2D eigenvalue weighted by Gasteiger charge is -2.54. The molecule has 2 aromatic rings. The van der Waals surface area contributed by atoms with Crippen molar-refractivity contribution >= 4 is 27.7 Å². The van der Waals surface area contributed by atoms with Crippen molar-refractivity contribution in [3.8, 4) is 5.75 Å². The average Bonchev–Trinajstić information content (AvgIpc) is 2.92. The van der Waals surface area contributed by atoms with E-state index in [0.717, 1.165) is 77.1 Å². The zero-order valence-electron chi connectivity index (χ0n) is 24.2. The smallest absolute Gasteiger partial charge is 0.410 e. The number of anilines is 1. The zero-order chi connectivity index (χ0) is 27.9. The van der Waals surface area contributed by atoms with Crippen molar-refractivity contribution in [1.29, 1.82) is 0 Å². The van der Waals surface area contributed by atoms with E-state index in [4.69, 9.17) is 14.2 Å². The zero-order valence-corrected chi connectivity index (χ0v) is 25.8. The minimum absolute atomic E-state index is 0.111. The monoisotopic (exact) mass is 610 g/mol. The minimum Gasteiger partial charge on any atom is -0.465 e. The van der Waals surface area contributed by atoms with E-state index in [-0.39, 0.29) is 17.8 Å². The molecular formula is C33H43BrN2O4. The van der Waals surface area contributed by atoms with Gasteiger partial charge in [0.25, 0.3) is 0 Å². The Hall–Kier alpha value is -2.25. The highest BCUT2D eigenvalue weighted by atomic mass is 79.9. The van der Waals surface area contributed by atoms with Gasteiger partial charge in [-0.2, -0.15) is 0 Å². The summed E-state index contributed by atoms with van der Waals surface area (Å²) in [5, 5.41) is 0. The summed E-state index contributed by atoms with van der Waals surface area (Å²) in [5.74, 6) is 1.26. The molecule has 3 saturated heterocycles. The average molecular weight is 612 g/mol. The Morgan fingerprint density at radius 2 is 1.77 bits per heavy atom. The summed E-state index contributed by atoms with van der Waals surface area (Å²) in [5.41, 5.74) is 5.26. The molecule has 7 heteroatoms. The van der Waals surface area contributed by atoms with E-state index in [1.807, 2.05) is 25.7 Å². The molecule has 0 radical (unpaired) electrons. The molecule has 0 aromatic heterocycles. The Balaban J connectivity index is 1.07. The molecule has 3 aliphatic heterocycles. The number of hydrogen-bond acceptors (Lipinski definition) is 5. The minimum atomic E-state index is -0.439. The summed E-state index contributed by atoms with van der Waals surface area (Å²) >= 11 is 4.01. The van der Waals surface area contributed by atoms with Gasteiger partial charge in [0.1, 0.15) is 11.4 Å². The Labute approximate surface area is 247 Å². The number of likely N-dealkylation sites (tertiary alicyclic amines) is 1. The van der Waals surface area contributed by atoms with Crippen LogP contribution in [0.3, 0.4) is 0 Å². The second-order valence-corrected chi connectivity index (χ2v) is 14.4. The number of benzene rings is 2. The van der Waals surface area contributed by atoms with E-state index in [1.54, 1.807) is 0 Å². The molecule has 0 N–H and O–H groups in total. The van der Waals surface area contributed by atoms with E-state index in [1.165, 1.54) is 28.8 Å². The number of fused-ring (bicyclic) bond motifs is 1. The van der Waals surface area contributed by atoms with Crippen LogP contribution in [0, 0.1) is 5.41 Å². The summed E-state index contributed by atoms with van der Waals surface area (Å²) < 4.78 is 17.5. The number of nitrogens with zero attached hydrogens (tertiary/aromatic N) is 2. The molecule has 1 spiro atoms. The molecule has 6 nitrogen and oxygen atoms in total. The van der Waals surface area contributed by atoms with Gasteiger partial charge < -0.3 is 24.0 Å². The predicted molar refractivity (Wildman–Crippen MR) is 162 cm³/mol. The molecule has 2 aromatic carbocycles. The maximum atomic E-state index is 12.4. The molecule has 3 atom stereocenters. The molecule has 3 fully saturated rings. The fourth-order valence-electron chi connectivity index (χ4n) is 6.84. The fraction of sp³-hybridized carbons (Fsp3) is 0.606. The SMILES string of the molecule is CC(C)(C)OC(=O)N1CC2(CCN(c3ccc(C4c5ccc(OC6CCCCO6)cc5CCC4Br)cc3)CC2)C1. The van der Waals surface area contributed by atoms with Crippen LogP contribution in [-0.2, 0) is 15.9 Å².